The maximum absolute atomic E-state index is 13.4. The van der Waals surface area contributed by atoms with E-state index in [9.17, 15) is 8.78 Å². The molecule has 2 unspecified atom stereocenters. The van der Waals surface area contributed by atoms with Gasteiger partial charge in [-0.25, -0.2) is 8.78 Å². The summed E-state index contributed by atoms with van der Waals surface area (Å²) in [5.74, 6) is 0.119. The van der Waals surface area contributed by atoms with Crippen LogP contribution in [0.15, 0.2) is 53.7 Å². The molecule has 2 heterocycles. The molecule has 2 aliphatic heterocycles. The van der Waals surface area contributed by atoms with E-state index in [4.69, 9.17) is 14.2 Å². The molecule has 0 saturated carbocycles. The monoisotopic (exact) mass is 379 g/mol. The summed E-state index contributed by atoms with van der Waals surface area (Å²) in [6.45, 7) is 10.7. The Hall–Kier alpha value is -2.34. The molecular weight excluding hydrogens is 352 g/mol. The zero-order valence-electron chi connectivity index (χ0n) is 16.3. The Kier molecular flexibility index (Phi) is 7.42. The van der Waals surface area contributed by atoms with Crippen LogP contribution in [0.4, 0.5) is 8.78 Å². The maximum Gasteiger partial charge on any atom is 0.231 e. The van der Waals surface area contributed by atoms with Crippen molar-refractivity contribution in [1.29, 1.82) is 0 Å². The minimum atomic E-state index is -0.829. The summed E-state index contributed by atoms with van der Waals surface area (Å²) >= 11 is 0. The third-order valence-electron chi connectivity index (χ3n) is 4.61. The molecular formula is C21H27F2NO3. The lowest BCUT2D eigenvalue weighted by Crippen LogP contribution is -2.14. The summed E-state index contributed by atoms with van der Waals surface area (Å²) in [6, 6.07) is 4.03. The van der Waals surface area contributed by atoms with Gasteiger partial charge in [-0.05, 0) is 43.0 Å². The van der Waals surface area contributed by atoms with Crippen LogP contribution in [0.1, 0.15) is 38.8 Å². The van der Waals surface area contributed by atoms with Gasteiger partial charge in [0.2, 0.25) is 12.6 Å². The molecule has 27 heavy (non-hydrogen) atoms. The van der Waals surface area contributed by atoms with Crippen LogP contribution in [0, 0.1) is 17.6 Å². The van der Waals surface area contributed by atoms with Crippen LogP contribution in [-0.4, -0.2) is 20.4 Å². The fourth-order valence-electron chi connectivity index (χ4n) is 3.12. The number of hydrogen-bond acceptors (Lipinski definition) is 4. The van der Waals surface area contributed by atoms with Gasteiger partial charge in [0, 0.05) is 12.6 Å². The highest BCUT2D eigenvalue weighted by Gasteiger charge is 2.28. The second-order valence-corrected chi connectivity index (χ2v) is 6.18. The zero-order chi connectivity index (χ0) is 20.0. The molecule has 1 aromatic rings. The molecule has 2 saturated heterocycles. The van der Waals surface area contributed by atoms with Crippen molar-refractivity contribution < 1.29 is 23.0 Å². The molecule has 0 bridgehead atoms. The molecule has 2 atom stereocenters. The highest BCUT2D eigenvalue weighted by Crippen LogP contribution is 2.33. The van der Waals surface area contributed by atoms with Crippen LogP contribution in [0.2, 0.25) is 0 Å². The van der Waals surface area contributed by atoms with E-state index in [0.717, 1.165) is 24.1 Å². The summed E-state index contributed by atoms with van der Waals surface area (Å²) in [5.41, 5.74) is 1.85. The normalized spacial score (nSPS) is 23.9. The van der Waals surface area contributed by atoms with E-state index in [1.54, 1.807) is 13.2 Å². The Bertz CT molecular complexity index is 743. The summed E-state index contributed by atoms with van der Waals surface area (Å²) in [5, 5.41) is 3.36. The van der Waals surface area contributed by atoms with Gasteiger partial charge in [-0.2, -0.15) is 0 Å². The van der Waals surface area contributed by atoms with Crippen LogP contribution >= 0.6 is 0 Å². The van der Waals surface area contributed by atoms with E-state index in [-0.39, 0.29) is 18.8 Å². The number of ether oxygens (including phenoxy) is 3. The average molecular weight is 379 g/mol. The Morgan fingerprint density at radius 1 is 1.26 bits per heavy atom. The van der Waals surface area contributed by atoms with Gasteiger partial charge in [-0.3, -0.25) is 0 Å². The average Bonchev–Trinajstić information content (AvgIpc) is 3.33. The van der Waals surface area contributed by atoms with Crippen molar-refractivity contribution in [3.63, 3.8) is 0 Å². The fraction of sp³-hybridized carbons (Fsp3) is 0.429. The van der Waals surface area contributed by atoms with Gasteiger partial charge >= 0.3 is 0 Å². The lowest BCUT2D eigenvalue weighted by atomic mass is 9.94. The lowest BCUT2D eigenvalue weighted by Gasteiger charge is -2.13. The van der Waals surface area contributed by atoms with Crippen molar-refractivity contribution in [1.82, 2.24) is 5.32 Å². The second-order valence-electron chi connectivity index (χ2n) is 6.18. The molecule has 148 valence electrons. The van der Waals surface area contributed by atoms with Crippen molar-refractivity contribution >= 4 is 0 Å². The molecule has 4 nitrogen and oxygen atoms in total. The zero-order valence-corrected chi connectivity index (χ0v) is 16.3. The number of allylic oxidation sites excluding steroid dienone is 1. The summed E-state index contributed by atoms with van der Waals surface area (Å²) in [7, 11) is 1.57. The van der Waals surface area contributed by atoms with Gasteiger partial charge in [0.25, 0.3) is 0 Å². The largest absolute Gasteiger partial charge is 0.493 e. The van der Waals surface area contributed by atoms with Crippen molar-refractivity contribution in [3.8, 4) is 0 Å². The topological polar surface area (TPSA) is 39.7 Å². The predicted molar refractivity (Wildman–Crippen MR) is 101 cm³/mol. The van der Waals surface area contributed by atoms with Crippen LogP contribution in [0.25, 0.3) is 0 Å². The Labute approximate surface area is 159 Å². The van der Waals surface area contributed by atoms with Crippen LogP contribution in [-0.2, 0) is 14.2 Å². The molecule has 2 fully saturated rings. The van der Waals surface area contributed by atoms with Crippen molar-refractivity contribution in [2.45, 2.75) is 33.2 Å². The van der Waals surface area contributed by atoms with Gasteiger partial charge in [0.05, 0.1) is 7.11 Å². The van der Waals surface area contributed by atoms with Gasteiger partial charge in [0.15, 0.2) is 23.2 Å². The standard InChI is InChI=1S/C19H21F2NO3.C2H6/c1-11(6-18(23-3)19-12(2)24-10-25-19)14-8-17(22-9-14)13-4-5-15(20)16(21)7-13;1-2/h4-7,14,17,22H,2,8-10H2,1,3H3;1-2H3/b11-6+,19-18-;. The van der Waals surface area contributed by atoms with E-state index >= 15 is 0 Å². The second kappa shape index (κ2) is 9.55. The molecule has 0 aromatic heterocycles. The SMILES string of the molecule is C=C1OCO/C1=C(/C=C(\C)C1CNC(c2ccc(F)c(F)c2)C1)OC.CC. The Balaban J connectivity index is 0.00000126. The first-order valence-corrected chi connectivity index (χ1v) is 9.09. The smallest absolute Gasteiger partial charge is 0.231 e. The van der Waals surface area contributed by atoms with Crippen molar-refractivity contribution in [3.05, 3.63) is 70.9 Å². The van der Waals surface area contributed by atoms with Crippen LogP contribution in [0.3, 0.4) is 0 Å². The minimum absolute atomic E-state index is 0.0110. The first-order chi connectivity index (χ1) is 13.0. The number of hydrogen-bond donors (Lipinski definition) is 1. The summed E-state index contributed by atoms with van der Waals surface area (Å²) < 4.78 is 42.5. The first-order valence-electron chi connectivity index (χ1n) is 9.09. The van der Waals surface area contributed by atoms with E-state index < -0.39 is 11.6 Å². The van der Waals surface area contributed by atoms with E-state index in [2.05, 4.69) is 11.9 Å². The molecule has 3 rings (SSSR count). The molecule has 1 aromatic carbocycles. The molecule has 0 amide bonds. The Morgan fingerprint density at radius 2 is 2.00 bits per heavy atom. The third-order valence-corrected chi connectivity index (χ3v) is 4.61. The van der Waals surface area contributed by atoms with Gasteiger partial charge in [0.1, 0.15) is 0 Å². The molecule has 6 heteroatoms. The number of rotatable bonds is 4. The molecule has 0 aliphatic carbocycles. The van der Waals surface area contributed by atoms with Crippen molar-refractivity contribution in [2.75, 3.05) is 20.4 Å². The fourth-order valence-corrected chi connectivity index (χ4v) is 3.12. The van der Waals surface area contributed by atoms with Gasteiger partial charge in [-0.15, -0.1) is 0 Å². The minimum Gasteiger partial charge on any atom is -0.493 e. The number of nitrogens with one attached hydrogen (secondary N) is 1. The molecule has 2 aliphatic rings. The quantitative estimate of drug-likeness (QED) is 0.751. The molecule has 1 N–H and O–H groups in total. The van der Waals surface area contributed by atoms with E-state index in [1.807, 2.05) is 26.8 Å². The number of halogens is 2. The molecule has 0 radical (unpaired) electrons. The highest BCUT2D eigenvalue weighted by molar-refractivity contribution is 5.32. The predicted octanol–water partition coefficient (Wildman–Crippen LogP) is 4.96. The summed E-state index contributed by atoms with van der Waals surface area (Å²) in [4.78, 5) is 0. The van der Waals surface area contributed by atoms with Gasteiger partial charge < -0.3 is 19.5 Å². The third kappa shape index (κ3) is 4.89. The lowest BCUT2D eigenvalue weighted by molar-refractivity contribution is 0.0939. The van der Waals surface area contributed by atoms with Gasteiger partial charge in [-0.1, -0.05) is 32.1 Å². The summed E-state index contributed by atoms with van der Waals surface area (Å²) in [6.07, 6.45) is 2.70. The maximum atomic E-state index is 13.4. The van der Waals surface area contributed by atoms with E-state index in [0.29, 0.717) is 17.3 Å². The molecule has 0 spiro atoms. The van der Waals surface area contributed by atoms with Crippen LogP contribution in [0.5, 0.6) is 0 Å². The Morgan fingerprint density at radius 3 is 2.59 bits per heavy atom. The number of benzene rings is 1. The van der Waals surface area contributed by atoms with Crippen molar-refractivity contribution in [2.24, 2.45) is 5.92 Å². The number of methoxy groups -OCH3 is 1. The van der Waals surface area contributed by atoms with Crippen LogP contribution < -0.4 is 5.32 Å². The van der Waals surface area contributed by atoms with E-state index in [1.165, 1.54) is 12.1 Å². The first kappa shape index (κ1) is 21.0. The highest BCUT2D eigenvalue weighted by atomic mass is 19.2.